The van der Waals surface area contributed by atoms with Gasteiger partial charge in [0.05, 0.1) is 11.3 Å². The lowest BCUT2D eigenvalue weighted by atomic mass is 9.94. The molecule has 0 bridgehead atoms. The molecule has 0 aliphatic carbocycles. The largest absolute Gasteiger partial charge is 0.573 e. The van der Waals surface area contributed by atoms with Crippen molar-refractivity contribution in [1.82, 2.24) is 20.1 Å². The van der Waals surface area contributed by atoms with Crippen LogP contribution in [0.3, 0.4) is 0 Å². The van der Waals surface area contributed by atoms with Crippen molar-refractivity contribution in [3.8, 4) is 22.8 Å². The quantitative estimate of drug-likeness (QED) is 0.327. The van der Waals surface area contributed by atoms with Gasteiger partial charge < -0.3 is 14.8 Å². The minimum atomic E-state index is -4.77. The Hall–Kier alpha value is -5.13. The van der Waals surface area contributed by atoms with E-state index in [0.717, 1.165) is 16.7 Å². The van der Waals surface area contributed by atoms with Crippen LogP contribution >= 0.6 is 0 Å². The van der Waals surface area contributed by atoms with Gasteiger partial charge in [-0.05, 0) is 79.1 Å². The smallest absolute Gasteiger partial charge is 0.470 e. The highest BCUT2D eigenvalue weighted by atomic mass is 19.4. The van der Waals surface area contributed by atoms with Crippen molar-refractivity contribution >= 4 is 23.1 Å². The first-order valence-corrected chi connectivity index (χ1v) is 12.0. The third-order valence-corrected chi connectivity index (χ3v) is 6.04. The summed E-state index contributed by atoms with van der Waals surface area (Å²) < 4.78 is 47.9. The van der Waals surface area contributed by atoms with Crippen LogP contribution in [0.25, 0.3) is 22.6 Å². The summed E-state index contributed by atoms with van der Waals surface area (Å²) in [4.78, 5) is 29.5. The first kappa shape index (κ1) is 26.5. The Labute approximate surface area is 226 Å². The maximum Gasteiger partial charge on any atom is 0.573 e. The van der Waals surface area contributed by atoms with E-state index < -0.39 is 12.4 Å². The molecule has 40 heavy (non-hydrogen) atoms. The summed E-state index contributed by atoms with van der Waals surface area (Å²) in [5.74, 6) is -0.0839. The molecule has 0 radical (unpaired) electrons. The van der Waals surface area contributed by atoms with Gasteiger partial charge >= 0.3 is 12.4 Å². The first-order chi connectivity index (χ1) is 19.1. The lowest BCUT2D eigenvalue weighted by Gasteiger charge is -2.12. The van der Waals surface area contributed by atoms with Crippen LogP contribution in [0, 0.1) is 13.8 Å². The van der Waals surface area contributed by atoms with Gasteiger partial charge in [-0.25, -0.2) is 14.5 Å². The number of rotatable bonds is 6. The Bertz CT molecular complexity index is 1590. The predicted molar refractivity (Wildman–Crippen MR) is 139 cm³/mol. The van der Waals surface area contributed by atoms with E-state index in [2.05, 4.69) is 25.5 Å². The Morgan fingerprint density at radius 2 is 1.65 bits per heavy atom. The van der Waals surface area contributed by atoms with Crippen LogP contribution in [0.2, 0.25) is 0 Å². The number of benzene rings is 3. The molecule has 2 N–H and O–H groups in total. The molecule has 0 saturated heterocycles. The van der Waals surface area contributed by atoms with Crippen molar-refractivity contribution in [2.24, 2.45) is 0 Å². The summed E-state index contributed by atoms with van der Waals surface area (Å²) in [5, 5.41) is 9.70. The zero-order valence-corrected chi connectivity index (χ0v) is 21.2. The highest BCUT2D eigenvalue weighted by molar-refractivity contribution is 6.24. The number of halogens is 3. The number of hydrogen-bond acceptors (Lipinski definition) is 6. The van der Waals surface area contributed by atoms with Crippen molar-refractivity contribution in [3.05, 3.63) is 95.6 Å². The van der Waals surface area contributed by atoms with Crippen molar-refractivity contribution < 1.29 is 32.2 Å². The number of nitrogens with one attached hydrogen (secondary N) is 2. The number of aryl methyl sites for hydroxylation is 2. The summed E-state index contributed by atoms with van der Waals surface area (Å²) in [6.07, 6.45) is -3.34. The molecular formula is C28H22F3N5O4. The fourth-order valence-corrected chi connectivity index (χ4v) is 4.26. The van der Waals surface area contributed by atoms with Crippen molar-refractivity contribution in [2.75, 3.05) is 11.9 Å². The van der Waals surface area contributed by atoms with Gasteiger partial charge in [-0.1, -0.05) is 18.2 Å². The van der Waals surface area contributed by atoms with E-state index in [1.54, 1.807) is 24.3 Å². The molecule has 1 aliphatic heterocycles. The number of nitrogens with zero attached hydrogens (tertiary/aromatic N) is 3. The van der Waals surface area contributed by atoms with E-state index >= 15 is 0 Å². The second kappa shape index (κ2) is 10.6. The number of hydrogen-bond donors (Lipinski definition) is 2. The number of carbonyl (C=O) groups excluding carboxylic acids is 2. The molecule has 9 nitrogen and oxygen atoms in total. The molecule has 0 unspecified atom stereocenters. The predicted octanol–water partition coefficient (Wildman–Crippen LogP) is 5.54. The molecule has 3 aromatic carbocycles. The maximum absolute atomic E-state index is 12.7. The van der Waals surface area contributed by atoms with E-state index in [0.29, 0.717) is 28.3 Å². The molecule has 12 heteroatoms. The monoisotopic (exact) mass is 549 g/mol. The Morgan fingerprint density at radius 3 is 2.30 bits per heavy atom. The number of Topliss-reactive ketones (excluding diaryl/α,β-unsaturated/α-hetero) is 1. The molecule has 4 aromatic rings. The minimum Gasteiger partial charge on any atom is -0.470 e. The van der Waals surface area contributed by atoms with Crippen LogP contribution in [0.1, 0.15) is 16.7 Å². The maximum atomic E-state index is 12.7. The fourth-order valence-electron chi connectivity index (χ4n) is 4.26. The van der Waals surface area contributed by atoms with Crippen LogP contribution in [0.4, 0.5) is 23.7 Å². The molecule has 204 valence electrons. The highest BCUT2D eigenvalue weighted by Crippen LogP contribution is 2.30. The summed E-state index contributed by atoms with van der Waals surface area (Å²) >= 11 is 0. The third kappa shape index (κ3) is 5.80. The summed E-state index contributed by atoms with van der Waals surface area (Å²) in [7, 11) is 0. The number of ketones is 1. The number of alkyl halides is 3. The average Bonchev–Trinajstić information content (AvgIpc) is 3.52. The molecule has 5 rings (SSSR count). The number of carbonyl (C=O) groups is 2. The number of amides is 2. The zero-order valence-electron chi connectivity index (χ0n) is 21.2. The fraction of sp³-hybridized carbons (Fsp3) is 0.143. The van der Waals surface area contributed by atoms with E-state index in [1.165, 1.54) is 35.3 Å². The lowest BCUT2D eigenvalue weighted by molar-refractivity contribution is -0.274. The van der Waals surface area contributed by atoms with E-state index in [9.17, 15) is 22.8 Å². The number of aromatic nitrogens is 3. The zero-order chi connectivity index (χ0) is 28.4. The van der Waals surface area contributed by atoms with Crippen molar-refractivity contribution in [1.29, 1.82) is 0 Å². The van der Waals surface area contributed by atoms with Gasteiger partial charge in [0.25, 0.3) is 0 Å². The lowest BCUT2D eigenvalue weighted by Crippen LogP contribution is -2.29. The van der Waals surface area contributed by atoms with Crippen LogP contribution in [0.5, 0.6) is 5.75 Å². The van der Waals surface area contributed by atoms with Gasteiger partial charge in [0.1, 0.15) is 12.1 Å². The van der Waals surface area contributed by atoms with Gasteiger partial charge in [0.2, 0.25) is 11.7 Å². The molecule has 1 aliphatic rings. The second-order valence-electron chi connectivity index (χ2n) is 8.89. The van der Waals surface area contributed by atoms with Crippen LogP contribution < -0.4 is 15.4 Å². The molecule has 2 amide bonds. The second-order valence-corrected chi connectivity index (χ2v) is 8.89. The molecule has 0 spiro atoms. The molecule has 0 atom stereocenters. The summed E-state index contributed by atoms with van der Waals surface area (Å²) in [5.41, 5.74) is 4.48. The third-order valence-electron chi connectivity index (χ3n) is 6.04. The Morgan fingerprint density at radius 1 is 0.975 bits per heavy atom. The molecule has 2 heterocycles. The number of urea groups is 1. The SMILES string of the molecule is Cc1cccc(C)c1C1=C(NC(=O)Nc2ccc(-c3ncn(-c4ccc(OC(F)(F)F)cc4)n3)cc2)OCC1=O. The van der Waals surface area contributed by atoms with E-state index in [4.69, 9.17) is 4.74 Å². The van der Waals surface area contributed by atoms with Gasteiger partial charge in [0, 0.05) is 11.3 Å². The minimum absolute atomic E-state index is 0.101. The number of ether oxygens (including phenoxy) is 2. The van der Waals surface area contributed by atoms with Crippen LogP contribution in [0.15, 0.2) is 78.9 Å². The normalized spacial score (nSPS) is 13.3. The van der Waals surface area contributed by atoms with Gasteiger partial charge in [-0.2, -0.15) is 0 Å². The van der Waals surface area contributed by atoms with E-state index in [1.807, 2.05) is 32.0 Å². The standard InChI is InChI=1S/C28H22F3N5O4/c1-16-4-3-5-17(2)23(16)24-22(37)14-39-26(24)34-27(38)33-19-8-6-18(7-9-19)25-32-15-36(35-25)20-10-12-21(13-11-20)40-28(29,30)31/h3-13,15H,14H2,1-2H3,(H2,33,34,38). The topological polar surface area (TPSA) is 107 Å². The average molecular weight is 550 g/mol. The summed E-state index contributed by atoms with van der Waals surface area (Å²) in [6.45, 7) is 3.63. The van der Waals surface area contributed by atoms with Crippen molar-refractivity contribution in [3.63, 3.8) is 0 Å². The Kier molecular flexibility index (Phi) is 6.99. The molecule has 0 fully saturated rings. The Balaban J connectivity index is 1.25. The van der Waals surface area contributed by atoms with Gasteiger partial charge in [0.15, 0.2) is 12.4 Å². The van der Waals surface area contributed by atoms with Gasteiger partial charge in [-0.15, -0.1) is 18.3 Å². The highest BCUT2D eigenvalue weighted by Gasteiger charge is 2.31. The molecule has 0 saturated carbocycles. The van der Waals surface area contributed by atoms with Crippen LogP contribution in [-0.2, 0) is 9.53 Å². The van der Waals surface area contributed by atoms with Crippen LogP contribution in [-0.4, -0.2) is 39.5 Å². The van der Waals surface area contributed by atoms with Crippen molar-refractivity contribution in [2.45, 2.75) is 20.2 Å². The van der Waals surface area contributed by atoms with Gasteiger partial charge in [-0.3, -0.25) is 10.1 Å². The number of anilines is 1. The first-order valence-electron chi connectivity index (χ1n) is 12.0. The van der Waals surface area contributed by atoms with E-state index in [-0.39, 0.29) is 24.0 Å². The molecular weight excluding hydrogens is 527 g/mol. The summed E-state index contributed by atoms with van der Waals surface area (Å²) in [6, 6.07) is 17.0. The molecule has 1 aromatic heterocycles.